The highest BCUT2D eigenvalue weighted by molar-refractivity contribution is 6.25. The average Bonchev–Trinajstić information content (AvgIpc) is 2.91. The number of hydrogen-bond acceptors (Lipinski definition) is 7. The number of anilines is 4. The molecule has 3 aromatic rings. The number of amides is 2. The normalized spacial score (nSPS) is 10.2. The molecule has 11 heteroatoms. The molecular weight excluding hydrogens is 485 g/mol. The molecule has 9 nitrogen and oxygen atoms in total. The van der Waals surface area contributed by atoms with Gasteiger partial charge in [-0.25, -0.2) is 9.37 Å². The molecule has 36 heavy (non-hydrogen) atoms. The summed E-state index contributed by atoms with van der Waals surface area (Å²) in [6.07, 6.45) is 3.14. The lowest BCUT2D eigenvalue weighted by Gasteiger charge is -2.18. The fourth-order valence-electron chi connectivity index (χ4n) is 3.10. The van der Waals surface area contributed by atoms with Gasteiger partial charge in [-0.05, 0) is 61.0 Å². The summed E-state index contributed by atoms with van der Waals surface area (Å²) >= 11 is 6.32. The van der Waals surface area contributed by atoms with Crippen molar-refractivity contribution in [3.8, 4) is 6.07 Å². The van der Waals surface area contributed by atoms with Crippen LogP contribution in [0, 0.1) is 17.1 Å². The van der Waals surface area contributed by atoms with E-state index in [1.54, 1.807) is 30.3 Å². The fraction of sp³-hybridized carbons (Fsp3) is 0.160. The van der Waals surface area contributed by atoms with E-state index in [2.05, 4.69) is 27.2 Å². The second-order valence-electron chi connectivity index (χ2n) is 7.52. The molecule has 2 aromatic carbocycles. The molecule has 0 saturated heterocycles. The number of nitriles is 1. The molecule has 0 atom stereocenters. The second-order valence-corrected chi connectivity index (χ2v) is 7.93. The van der Waals surface area contributed by atoms with Gasteiger partial charge in [0.05, 0.1) is 17.3 Å². The molecule has 0 saturated carbocycles. The van der Waals surface area contributed by atoms with Crippen molar-refractivity contribution >= 4 is 46.7 Å². The van der Waals surface area contributed by atoms with Crippen LogP contribution in [-0.2, 0) is 4.79 Å². The van der Waals surface area contributed by atoms with Crippen LogP contribution in [0.4, 0.5) is 27.5 Å². The van der Waals surface area contributed by atoms with E-state index in [1.165, 1.54) is 35.9 Å². The van der Waals surface area contributed by atoms with Gasteiger partial charge < -0.3 is 15.5 Å². The second kappa shape index (κ2) is 12.3. The number of benzene rings is 2. The zero-order valence-corrected chi connectivity index (χ0v) is 20.2. The Hall–Kier alpha value is -4.49. The van der Waals surface area contributed by atoms with E-state index in [0.29, 0.717) is 42.1 Å². The maximum atomic E-state index is 14.2. The Balaban J connectivity index is 1.56. The molecule has 0 radical (unpaired) electrons. The van der Waals surface area contributed by atoms with Crippen LogP contribution >= 0.6 is 11.8 Å². The summed E-state index contributed by atoms with van der Waals surface area (Å²) in [6, 6.07) is 14.2. The Morgan fingerprint density at radius 2 is 1.97 bits per heavy atom. The highest BCUT2D eigenvalue weighted by Gasteiger charge is 2.14. The Bertz CT molecular complexity index is 1290. The van der Waals surface area contributed by atoms with E-state index >= 15 is 0 Å². The molecule has 184 valence electrons. The SMILES string of the molecule is C=CC(=O)N(C)c1cc(Nc2ccnc(N(Cl)CCCNC(=O)c3ccc(C#N)cc3)n2)ccc1F. The van der Waals surface area contributed by atoms with E-state index in [1.807, 2.05) is 6.07 Å². The number of halogens is 2. The zero-order valence-electron chi connectivity index (χ0n) is 19.4. The molecule has 0 unspecified atom stereocenters. The van der Waals surface area contributed by atoms with Gasteiger partial charge in [0, 0.05) is 49.4 Å². The molecular formula is C25H23ClFN7O2. The first-order valence-electron chi connectivity index (χ1n) is 10.8. The number of nitrogens with one attached hydrogen (secondary N) is 2. The molecule has 0 aliphatic rings. The third-order valence-electron chi connectivity index (χ3n) is 5.04. The molecule has 1 aromatic heterocycles. The van der Waals surface area contributed by atoms with E-state index < -0.39 is 11.7 Å². The van der Waals surface area contributed by atoms with Gasteiger partial charge in [0.2, 0.25) is 11.9 Å². The van der Waals surface area contributed by atoms with E-state index in [9.17, 15) is 14.0 Å². The number of carbonyl (C=O) groups excluding carboxylic acids is 2. The summed E-state index contributed by atoms with van der Waals surface area (Å²) in [4.78, 5) is 33.7. The van der Waals surface area contributed by atoms with Crippen molar-refractivity contribution in [1.29, 1.82) is 5.26 Å². The number of rotatable bonds is 10. The molecule has 3 rings (SSSR count). The van der Waals surface area contributed by atoms with Crippen LogP contribution in [0.5, 0.6) is 0 Å². The number of nitrogens with zero attached hydrogens (tertiary/aromatic N) is 5. The minimum absolute atomic E-state index is 0.0844. The van der Waals surface area contributed by atoms with Crippen LogP contribution in [-0.4, -0.2) is 41.9 Å². The summed E-state index contributed by atoms with van der Waals surface area (Å²) in [5, 5.41) is 14.7. The third kappa shape index (κ3) is 6.77. The molecule has 0 bridgehead atoms. The van der Waals surface area contributed by atoms with Crippen LogP contribution in [0.3, 0.4) is 0 Å². The lowest BCUT2D eigenvalue weighted by Crippen LogP contribution is -2.27. The summed E-state index contributed by atoms with van der Waals surface area (Å²) in [5.41, 5.74) is 1.53. The molecule has 0 aliphatic carbocycles. The predicted octanol–water partition coefficient (Wildman–Crippen LogP) is 4.16. The highest BCUT2D eigenvalue weighted by Crippen LogP contribution is 2.25. The zero-order chi connectivity index (χ0) is 26.1. The van der Waals surface area contributed by atoms with Crippen molar-refractivity contribution in [3.05, 3.63) is 84.3 Å². The van der Waals surface area contributed by atoms with E-state index in [-0.39, 0.29) is 17.5 Å². The Morgan fingerprint density at radius 3 is 2.67 bits per heavy atom. The van der Waals surface area contributed by atoms with Gasteiger partial charge in [-0.2, -0.15) is 10.2 Å². The van der Waals surface area contributed by atoms with Gasteiger partial charge in [0.15, 0.2) is 0 Å². The van der Waals surface area contributed by atoms with Gasteiger partial charge in [-0.1, -0.05) is 6.58 Å². The lowest BCUT2D eigenvalue weighted by molar-refractivity contribution is -0.113. The molecule has 0 spiro atoms. The Labute approximate surface area is 212 Å². The smallest absolute Gasteiger partial charge is 0.251 e. The Kier molecular flexibility index (Phi) is 8.91. The molecule has 0 aliphatic heterocycles. The summed E-state index contributed by atoms with van der Waals surface area (Å²) in [7, 11) is 1.45. The maximum absolute atomic E-state index is 14.2. The molecule has 1 heterocycles. The number of aromatic nitrogens is 2. The van der Waals surface area contributed by atoms with Gasteiger partial charge in [0.25, 0.3) is 5.91 Å². The van der Waals surface area contributed by atoms with E-state index in [4.69, 9.17) is 17.0 Å². The number of hydrogen-bond donors (Lipinski definition) is 2. The van der Waals surface area contributed by atoms with E-state index in [0.717, 1.165) is 11.0 Å². The van der Waals surface area contributed by atoms with Crippen molar-refractivity contribution in [2.75, 3.05) is 34.8 Å². The maximum Gasteiger partial charge on any atom is 0.251 e. The van der Waals surface area contributed by atoms with Crippen LogP contribution in [0.1, 0.15) is 22.3 Å². The summed E-state index contributed by atoms with van der Waals surface area (Å²) in [6.45, 7) is 4.14. The average molecular weight is 508 g/mol. The summed E-state index contributed by atoms with van der Waals surface area (Å²) in [5.74, 6) is -0.598. The first-order chi connectivity index (χ1) is 17.3. The van der Waals surface area contributed by atoms with Crippen LogP contribution in [0.2, 0.25) is 0 Å². The van der Waals surface area contributed by atoms with Crippen molar-refractivity contribution in [2.24, 2.45) is 0 Å². The molecule has 2 N–H and O–H groups in total. The van der Waals surface area contributed by atoms with Gasteiger partial charge in [-0.15, -0.1) is 0 Å². The molecule has 0 fully saturated rings. The summed E-state index contributed by atoms with van der Waals surface area (Å²) < 4.78 is 15.5. The number of carbonyl (C=O) groups is 2. The number of likely N-dealkylation sites (N-methyl/N-ethyl adjacent to an activating group) is 1. The standard InChI is InChI=1S/C25H23ClFN7O2/c1-3-23(35)33(2)21-15-19(9-10-20(21)27)31-22-11-13-30-25(32-22)34(26)14-4-12-29-24(36)18-7-5-17(16-28)6-8-18/h3,5-11,13,15H,1,4,12,14H2,2H3,(H,29,36)(H,30,31,32). The van der Waals surface area contributed by atoms with Crippen molar-refractivity contribution in [3.63, 3.8) is 0 Å². The lowest BCUT2D eigenvalue weighted by atomic mass is 10.1. The topological polar surface area (TPSA) is 114 Å². The van der Waals surface area contributed by atoms with Gasteiger partial charge >= 0.3 is 0 Å². The third-order valence-corrected chi connectivity index (χ3v) is 5.36. The van der Waals surface area contributed by atoms with Crippen molar-refractivity contribution in [2.45, 2.75) is 6.42 Å². The Morgan fingerprint density at radius 1 is 1.22 bits per heavy atom. The van der Waals surface area contributed by atoms with Crippen LogP contribution in [0.25, 0.3) is 0 Å². The van der Waals surface area contributed by atoms with Crippen molar-refractivity contribution in [1.82, 2.24) is 15.3 Å². The van der Waals surface area contributed by atoms with Crippen LogP contribution in [0.15, 0.2) is 67.4 Å². The highest BCUT2D eigenvalue weighted by atomic mass is 35.5. The molecule has 2 amide bonds. The first kappa shape index (κ1) is 26.1. The monoisotopic (exact) mass is 507 g/mol. The fourth-order valence-corrected chi connectivity index (χ4v) is 3.30. The minimum atomic E-state index is -0.556. The predicted molar refractivity (Wildman–Crippen MR) is 137 cm³/mol. The quantitative estimate of drug-likeness (QED) is 0.240. The largest absolute Gasteiger partial charge is 0.352 e. The van der Waals surface area contributed by atoms with Gasteiger partial charge in [-0.3, -0.25) is 14.0 Å². The van der Waals surface area contributed by atoms with Crippen LogP contribution < -0.4 is 20.0 Å². The first-order valence-corrected chi connectivity index (χ1v) is 11.2. The van der Waals surface area contributed by atoms with Crippen molar-refractivity contribution < 1.29 is 14.0 Å². The van der Waals surface area contributed by atoms with Gasteiger partial charge in [0.1, 0.15) is 11.6 Å². The minimum Gasteiger partial charge on any atom is -0.352 e.